The van der Waals surface area contributed by atoms with Crippen LogP contribution in [0.15, 0.2) is 0 Å². The lowest BCUT2D eigenvalue weighted by atomic mass is 9.91. The highest BCUT2D eigenvalue weighted by Crippen LogP contribution is 2.26. The van der Waals surface area contributed by atoms with Crippen LogP contribution in [0.25, 0.3) is 0 Å². The lowest BCUT2D eigenvalue weighted by Crippen LogP contribution is -2.45. The van der Waals surface area contributed by atoms with Gasteiger partial charge >= 0.3 is 0 Å². The second kappa shape index (κ2) is 5.99. The third-order valence-corrected chi connectivity index (χ3v) is 3.67. The zero-order valence-corrected chi connectivity index (χ0v) is 10.7. The van der Waals surface area contributed by atoms with Crippen molar-refractivity contribution in [3.05, 3.63) is 0 Å². The minimum atomic E-state index is 0.380. The molecule has 0 spiro atoms. The van der Waals surface area contributed by atoms with Gasteiger partial charge in [-0.3, -0.25) is 4.90 Å². The third kappa shape index (κ3) is 3.44. The zero-order valence-electron chi connectivity index (χ0n) is 10.7. The van der Waals surface area contributed by atoms with Gasteiger partial charge in [0.1, 0.15) is 0 Å². The number of hydrogen-bond donors (Lipinski definition) is 0. The van der Waals surface area contributed by atoms with Gasteiger partial charge in [-0.05, 0) is 39.5 Å². The Kier molecular flexibility index (Phi) is 4.62. The Balaban J connectivity index is 1.71. The van der Waals surface area contributed by atoms with Gasteiger partial charge in [0.15, 0.2) is 0 Å². The molecule has 0 bridgehead atoms. The molecule has 0 unspecified atom stereocenters. The molecule has 0 amide bonds. The van der Waals surface area contributed by atoms with Gasteiger partial charge in [0.05, 0.1) is 25.4 Å². The van der Waals surface area contributed by atoms with Crippen LogP contribution in [0.3, 0.4) is 0 Å². The van der Waals surface area contributed by atoms with Gasteiger partial charge in [0.25, 0.3) is 0 Å². The highest BCUT2D eigenvalue weighted by molar-refractivity contribution is 4.81. The summed E-state index contributed by atoms with van der Waals surface area (Å²) in [6.07, 6.45) is 5.97. The van der Waals surface area contributed by atoms with E-state index in [1.165, 1.54) is 25.7 Å². The molecule has 94 valence electrons. The zero-order chi connectivity index (χ0) is 11.4. The molecule has 2 fully saturated rings. The fraction of sp³-hybridized carbons (Fsp3) is 1.00. The van der Waals surface area contributed by atoms with Crippen molar-refractivity contribution in [1.82, 2.24) is 4.90 Å². The molecule has 2 rings (SSSR count). The molecule has 16 heavy (non-hydrogen) atoms. The van der Waals surface area contributed by atoms with E-state index in [0.29, 0.717) is 12.2 Å². The average Bonchev–Trinajstić information content (AvgIpc) is 2.30. The van der Waals surface area contributed by atoms with Crippen LogP contribution in [-0.2, 0) is 9.47 Å². The van der Waals surface area contributed by atoms with Crippen LogP contribution >= 0.6 is 0 Å². The van der Waals surface area contributed by atoms with Crippen LogP contribution in [0.5, 0.6) is 0 Å². The molecule has 0 aromatic heterocycles. The molecular weight excluding hydrogens is 202 g/mol. The number of morpholine rings is 1. The van der Waals surface area contributed by atoms with E-state index in [0.717, 1.165) is 32.3 Å². The van der Waals surface area contributed by atoms with Gasteiger partial charge in [0.2, 0.25) is 0 Å². The van der Waals surface area contributed by atoms with Crippen molar-refractivity contribution in [3.63, 3.8) is 0 Å². The maximum Gasteiger partial charge on any atom is 0.0594 e. The summed E-state index contributed by atoms with van der Waals surface area (Å²) < 4.78 is 11.3. The largest absolute Gasteiger partial charge is 0.379 e. The molecule has 2 aliphatic rings. The molecule has 1 saturated carbocycles. The van der Waals surface area contributed by atoms with Crippen LogP contribution in [-0.4, -0.2) is 49.5 Å². The SMILES string of the molecule is CC(C)OC1CCC(N2CCOCC2)CC1. The van der Waals surface area contributed by atoms with Gasteiger partial charge in [-0.2, -0.15) is 0 Å². The fourth-order valence-corrected chi connectivity index (χ4v) is 2.87. The summed E-state index contributed by atoms with van der Waals surface area (Å²) in [6.45, 7) is 8.35. The molecule has 3 heteroatoms. The van der Waals surface area contributed by atoms with Crippen molar-refractivity contribution in [2.45, 2.75) is 57.8 Å². The standard InChI is InChI=1S/C13H25NO2/c1-11(2)16-13-5-3-12(4-6-13)14-7-9-15-10-8-14/h11-13H,3-10H2,1-2H3. The predicted octanol–water partition coefficient (Wildman–Crippen LogP) is 2.05. The Bertz CT molecular complexity index is 194. The molecule has 0 radical (unpaired) electrons. The smallest absolute Gasteiger partial charge is 0.0594 e. The van der Waals surface area contributed by atoms with E-state index >= 15 is 0 Å². The number of nitrogens with zero attached hydrogens (tertiary/aromatic N) is 1. The van der Waals surface area contributed by atoms with E-state index < -0.39 is 0 Å². The quantitative estimate of drug-likeness (QED) is 0.736. The third-order valence-electron chi connectivity index (χ3n) is 3.67. The Morgan fingerprint density at radius 3 is 2.25 bits per heavy atom. The van der Waals surface area contributed by atoms with E-state index in [2.05, 4.69) is 18.7 Å². The van der Waals surface area contributed by atoms with Gasteiger partial charge in [-0.1, -0.05) is 0 Å². The second-order valence-electron chi connectivity index (χ2n) is 5.26. The maximum atomic E-state index is 5.88. The summed E-state index contributed by atoms with van der Waals surface area (Å²) in [5, 5.41) is 0. The molecule has 0 aromatic carbocycles. The topological polar surface area (TPSA) is 21.7 Å². The lowest BCUT2D eigenvalue weighted by Gasteiger charge is -2.39. The molecule has 0 atom stereocenters. The first-order chi connectivity index (χ1) is 7.75. The summed E-state index contributed by atoms with van der Waals surface area (Å²) in [6, 6.07) is 0.788. The summed E-state index contributed by atoms with van der Waals surface area (Å²) in [4.78, 5) is 2.61. The van der Waals surface area contributed by atoms with E-state index in [1.807, 2.05) is 0 Å². The molecule has 1 heterocycles. The Morgan fingerprint density at radius 2 is 1.69 bits per heavy atom. The van der Waals surface area contributed by atoms with Gasteiger partial charge in [-0.25, -0.2) is 0 Å². The van der Waals surface area contributed by atoms with E-state index in [4.69, 9.17) is 9.47 Å². The first-order valence-corrected chi connectivity index (χ1v) is 6.73. The molecule has 1 saturated heterocycles. The van der Waals surface area contributed by atoms with E-state index in [9.17, 15) is 0 Å². The minimum Gasteiger partial charge on any atom is -0.379 e. The monoisotopic (exact) mass is 227 g/mol. The number of ether oxygens (including phenoxy) is 2. The summed E-state index contributed by atoms with van der Waals surface area (Å²) in [5.74, 6) is 0. The minimum absolute atomic E-state index is 0.380. The van der Waals surface area contributed by atoms with Gasteiger partial charge in [0, 0.05) is 19.1 Å². The fourth-order valence-electron chi connectivity index (χ4n) is 2.87. The molecule has 3 nitrogen and oxygen atoms in total. The normalized spacial score (nSPS) is 33.2. The van der Waals surface area contributed by atoms with Crippen LogP contribution in [0.4, 0.5) is 0 Å². The van der Waals surface area contributed by atoms with Crippen LogP contribution in [0, 0.1) is 0 Å². The second-order valence-corrected chi connectivity index (χ2v) is 5.26. The highest BCUT2D eigenvalue weighted by Gasteiger charge is 2.27. The van der Waals surface area contributed by atoms with Gasteiger partial charge in [-0.15, -0.1) is 0 Å². The Morgan fingerprint density at radius 1 is 1.06 bits per heavy atom. The molecule has 0 aromatic rings. The molecule has 1 aliphatic carbocycles. The van der Waals surface area contributed by atoms with Crippen LogP contribution in [0.2, 0.25) is 0 Å². The average molecular weight is 227 g/mol. The van der Waals surface area contributed by atoms with Crippen molar-refractivity contribution in [3.8, 4) is 0 Å². The lowest BCUT2D eigenvalue weighted by molar-refractivity contribution is -0.0405. The number of hydrogen-bond acceptors (Lipinski definition) is 3. The maximum absolute atomic E-state index is 5.88. The summed E-state index contributed by atoms with van der Waals surface area (Å²) in [5.41, 5.74) is 0. The first-order valence-electron chi connectivity index (χ1n) is 6.73. The Hall–Kier alpha value is -0.120. The van der Waals surface area contributed by atoms with Crippen molar-refractivity contribution >= 4 is 0 Å². The molecule has 0 N–H and O–H groups in total. The Labute approximate surface area is 99.1 Å². The first kappa shape index (κ1) is 12.3. The van der Waals surface area contributed by atoms with Crippen molar-refractivity contribution in [2.75, 3.05) is 26.3 Å². The predicted molar refractivity (Wildman–Crippen MR) is 64.7 cm³/mol. The summed E-state index contributed by atoms with van der Waals surface area (Å²) >= 11 is 0. The van der Waals surface area contributed by atoms with Crippen molar-refractivity contribution in [2.24, 2.45) is 0 Å². The number of rotatable bonds is 3. The van der Waals surface area contributed by atoms with E-state index in [-0.39, 0.29) is 0 Å². The highest BCUT2D eigenvalue weighted by atomic mass is 16.5. The van der Waals surface area contributed by atoms with Crippen LogP contribution < -0.4 is 0 Å². The van der Waals surface area contributed by atoms with Gasteiger partial charge < -0.3 is 9.47 Å². The van der Waals surface area contributed by atoms with Crippen LogP contribution in [0.1, 0.15) is 39.5 Å². The molecular formula is C13H25NO2. The van der Waals surface area contributed by atoms with Crippen molar-refractivity contribution < 1.29 is 9.47 Å². The summed E-state index contributed by atoms with van der Waals surface area (Å²) in [7, 11) is 0. The van der Waals surface area contributed by atoms with Crippen molar-refractivity contribution in [1.29, 1.82) is 0 Å². The van der Waals surface area contributed by atoms with E-state index in [1.54, 1.807) is 0 Å². The molecule has 1 aliphatic heterocycles.